The van der Waals surface area contributed by atoms with Gasteiger partial charge < -0.3 is 9.88 Å². The van der Waals surface area contributed by atoms with Gasteiger partial charge in [0.15, 0.2) is 5.82 Å². The lowest BCUT2D eigenvalue weighted by Crippen LogP contribution is -2.34. The Hall–Kier alpha value is -2.39. The topological polar surface area (TPSA) is 88.5 Å². The van der Waals surface area contributed by atoms with E-state index in [0.29, 0.717) is 28.6 Å². The molecule has 0 spiro atoms. The Morgan fingerprint density at radius 1 is 1.38 bits per heavy atom. The molecule has 24 heavy (non-hydrogen) atoms. The predicted molar refractivity (Wildman–Crippen MR) is 77.1 cm³/mol. The number of carbonyl (C=O) groups excluding carboxylic acids is 1. The minimum absolute atomic E-state index is 0.0144. The summed E-state index contributed by atoms with van der Waals surface area (Å²) in [7, 11) is 0. The lowest BCUT2D eigenvalue weighted by atomic mass is 9.99. The van der Waals surface area contributed by atoms with Crippen molar-refractivity contribution in [2.45, 2.75) is 46.0 Å². The Kier molecular flexibility index (Phi) is 4.06. The first kappa shape index (κ1) is 16.5. The van der Waals surface area contributed by atoms with Crippen LogP contribution in [0.1, 0.15) is 39.8 Å². The smallest absolute Gasteiger partial charge is 0.345 e. The third kappa shape index (κ3) is 3.00. The van der Waals surface area contributed by atoms with Crippen molar-refractivity contribution in [3.63, 3.8) is 0 Å². The second-order valence-corrected chi connectivity index (χ2v) is 5.91. The number of hydrogen-bond donors (Lipinski definition) is 2. The molecule has 1 aliphatic rings. The fraction of sp³-hybridized carbons (Fsp3) is 0.571. The van der Waals surface area contributed by atoms with Gasteiger partial charge in [-0.2, -0.15) is 18.3 Å². The zero-order chi connectivity index (χ0) is 17.5. The van der Waals surface area contributed by atoms with Gasteiger partial charge in [0.05, 0.1) is 23.7 Å². The lowest BCUT2D eigenvalue weighted by molar-refractivity contribution is -0.182. The highest BCUT2D eigenvalue weighted by Gasteiger charge is 2.42. The molecular formula is C14H17F3N6O. The fourth-order valence-corrected chi connectivity index (χ4v) is 2.91. The van der Waals surface area contributed by atoms with Crippen LogP contribution in [0.25, 0.3) is 0 Å². The van der Waals surface area contributed by atoms with Gasteiger partial charge in [0.25, 0.3) is 5.91 Å². The van der Waals surface area contributed by atoms with Crippen LogP contribution >= 0.6 is 0 Å². The molecule has 0 saturated heterocycles. The summed E-state index contributed by atoms with van der Waals surface area (Å²) in [5.41, 5.74) is 1.62. The van der Waals surface area contributed by atoms with Gasteiger partial charge in [-0.3, -0.25) is 9.89 Å². The minimum atomic E-state index is -4.24. The number of carbonyl (C=O) groups is 1. The quantitative estimate of drug-likeness (QED) is 0.888. The highest BCUT2D eigenvalue weighted by Crippen LogP contribution is 2.34. The average Bonchev–Trinajstić information content (AvgIpc) is 3.07. The van der Waals surface area contributed by atoms with E-state index >= 15 is 0 Å². The largest absolute Gasteiger partial charge is 0.393 e. The monoisotopic (exact) mass is 342 g/mol. The number of aromatic amines is 1. The maximum absolute atomic E-state index is 12.9. The molecule has 0 unspecified atom stereocenters. The van der Waals surface area contributed by atoms with Crippen molar-refractivity contribution >= 4 is 5.91 Å². The Labute approximate surface area is 135 Å². The molecule has 1 amide bonds. The number of H-pyrrole nitrogens is 1. The van der Waals surface area contributed by atoms with E-state index in [2.05, 4.69) is 25.7 Å². The number of amides is 1. The lowest BCUT2D eigenvalue weighted by Gasteiger charge is -2.26. The van der Waals surface area contributed by atoms with E-state index < -0.39 is 12.1 Å². The van der Waals surface area contributed by atoms with Crippen LogP contribution in [0.3, 0.4) is 0 Å². The molecule has 2 aromatic rings. The van der Waals surface area contributed by atoms with Crippen molar-refractivity contribution in [1.29, 1.82) is 0 Å². The average molecular weight is 342 g/mol. The minimum Gasteiger partial charge on any atom is -0.345 e. The molecule has 0 fully saturated rings. The van der Waals surface area contributed by atoms with Gasteiger partial charge in [0.1, 0.15) is 5.82 Å². The van der Waals surface area contributed by atoms with Crippen LogP contribution in [0.4, 0.5) is 13.2 Å². The van der Waals surface area contributed by atoms with Crippen LogP contribution in [0.15, 0.2) is 0 Å². The summed E-state index contributed by atoms with van der Waals surface area (Å²) in [5, 5.41) is 17.2. The third-order valence-electron chi connectivity index (χ3n) is 4.25. The maximum Gasteiger partial charge on any atom is 0.393 e. The van der Waals surface area contributed by atoms with Crippen LogP contribution in [-0.2, 0) is 19.5 Å². The standard InChI is InChI=1S/C14H17F3N6O/c1-7-12(8(2)20-19-7)13(24)18-5-11-22-21-10-4-3-9(6-23(10)11)14(15,16)17/h9H,3-6H2,1-2H3,(H,18,24)(H,19,20)/t9-/m0/s1. The molecule has 2 N–H and O–H groups in total. The maximum atomic E-state index is 12.9. The highest BCUT2D eigenvalue weighted by molar-refractivity contribution is 5.96. The number of halogens is 3. The number of hydrogen-bond acceptors (Lipinski definition) is 4. The van der Waals surface area contributed by atoms with Gasteiger partial charge in [-0.1, -0.05) is 0 Å². The van der Waals surface area contributed by atoms with Crippen molar-refractivity contribution in [2.24, 2.45) is 5.92 Å². The Balaban J connectivity index is 1.72. The Morgan fingerprint density at radius 3 is 2.75 bits per heavy atom. The molecule has 10 heteroatoms. The van der Waals surface area contributed by atoms with E-state index in [1.165, 1.54) is 4.57 Å². The molecule has 1 atom stereocenters. The first-order valence-electron chi connectivity index (χ1n) is 7.54. The second kappa shape index (κ2) is 5.91. The number of rotatable bonds is 3. The van der Waals surface area contributed by atoms with Crippen LogP contribution in [-0.4, -0.2) is 37.0 Å². The van der Waals surface area contributed by atoms with E-state index in [1.54, 1.807) is 13.8 Å². The first-order valence-corrected chi connectivity index (χ1v) is 7.54. The molecule has 130 valence electrons. The van der Waals surface area contributed by atoms with Gasteiger partial charge in [0, 0.05) is 18.7 Å². The summed E-state index contributed by atoms with van der Waals surface area (Å²) in [5.74, 6) is -0.908. The molecule has 3 heterocycles. The van der Waals surface area contributed by atoms with Crippen LogP contribution in [0.5, 0.6) is 0 Å². The Morgan fingerprint density at radius 2 is 2.12 bits per heavy atom. The summed E-state index contributed by atoms with van der Waals surface area (Å²) in [4.78, 5) is 12.2. The van der Waals surface area contributed by atoms with Crippen molar-refractivity contribution in [3.8, 4) is 0 Å². The molecular weight excluding hydrogens is 325 g/mol. The van der Waals surface area contributed by atoms with E-state index in [1.807, 2.05) is 0 Å². The fourth-order valence-electron chi connectivity index (χ4n) is 2.91. The van der Waals surface area contributed by atoms with Crippen molar-refractivity contribution in [3.05, 3.63) is 28.6 Å². The number of nitrogens with zero attached hydrogens (tertiary/aromatic N) is 4. The molecule has 7 nitrogen and oxygen atoms in total. The van der Waals surface area contributed by atoms with Crippen LogP contribution in [0.2, 0.25) is 0 Å². The number of aromatic nitrogens is 5. The molecule has 3 rings (SSSR count). The zero-order valence-corrected chi connectivity index (χ0v) is 13.2. The van der Waals surface area contributed by atoms with Crippen LogP contribution in [0, 0.1) is 19.8 Å². The highest BCUT2D eigenvalue weighted by atomic mass is 19.4. The number of nitrogens with one attached hydrogen (secondary N) is 2. The number of aryl methyl sites for hydroxylation is 3. The molecule has 0 aromatic carbocycles. The second-order valence-electron chi connectivity index (χ2n) is 5.91. The van der Waals surface area contributed by atoms with E-state index in [4.69, 9.17) is 0 Å². The van der Waals surface area contributed by atoms with Gasteiger partial charge in [-0.15, -0.1) is 10.2 Å². The summed E-state index contributed by atoms with van der Waals surface area (Å²) >= 11 is 0. The third-order valence-corrected chi connectivity index (χ3v) is 4.25. The van der Waals surface area contributed by atoms with E-state index in [9.17, 15) is 18.0 Å². The Bertz CT molecular complexity index is 744. The van der Waals surface area contributed by atoms with Gasteiger partial charge in [-0.25, -0.2) is 0 Å². The molecule has 1 aliphatic heterocycles. The van der Waals surface area contributed by atoms with Gasteiger partial charge >= 0.3 is 6.18 Å². The normalized spacial score (nSPS) is 17.6. The van der Waals surface area contributed by atoms with Crippen LogP contribution < -0.4 is 5.32 Å². The van der Waals surface area contributed by atoms with E-state index in [0.717, 1.165) is 0 Å². The first-order chi connectivity index (χ1) is 11.3. The SMILES string of the molecule is Cc1n[nH]c(C)c1C(=O)NCc1nnc2n1C[C@@H](C(F)(F)F)CC2. The molecule has 2 aromatic heterocycles. The molecule has 0 aliphatic carbocycles. The summed E-state index contributed by atoms with van der Waals surface area (Å²) in [6.07, 6.45) is -4.00. The number of alkyl halides is 3. The van der Waals surface area contributed by atoms with E-state index in [-0.39, 0.29) is 31.8 Å². The van der Waals surface area contributed by atoms with Crippen molar-refractivity contribution in [1.82, 2.24) is 30.3 Å². The zero-order valence-electron chi connectivity index (χ0n) is 13.2. The van der Waals surface area contributed by atoms with Crippen molar-refractivity contribution in [2.75, 3.05) is 0 Å². The van der Waals surface area contributed by atoms with Gasteiger partial charge in [-0.05, 0) is 20.3 Å². The number of fused-ring (bicyclic) bond motifs is 1. The van der Waals surface area contributed by atoms with Crippen molar-refractivity contribution < 1.29 is 18.0 Å². The predicted octanol–water partition coefficient (Wildman–Crippen LogP) is 1.67. The molecule has 0 bridgehead atoms. The molecule has 0 radical (unpaired) electrons. The molecule has 0 saturated carbocycles. The summed E-state index contributed by atoms with van der Waals surface area (Å²) < 4.78 is 40.2. The summed E-state index contributed by atoms with van der Waals surface area (Å²) in [6, 6.07) is 0. The summed E-state index contributed by atoms with van der Waals surface area (Å²) in [6.45, 7) is 3.23. The van der Waals surface area contributed by atoms with Gasteiger partial charge in [0.2, 0.25) is 0 Å².